The van der Waals surface area contributed by atoms with Gasteiger partial charge in [0.15, 0.2) is 10.8 Å². The van der Waals surface area contributed by atoms with Crippen LogP contribution in [0.3, 0.4) is 0 Å². The van der Waals surface area contributed by atoms with Crippen molar-refractivity contribution in [3.63, 3.8) is 0 Å². The number of carbonyl (C=O) groups is 1. The van der Waals surface area contributed by atoms with E-state index in [-0.39, 0.29) is 17.5 Å². The molecule has 3 heterocycles. The molecular weight excluding hydrogens is 256 g/mol. The van der Waals surface area contributed by atoms with Crippen molar-refractivity contribution in [3.8, 4) is 10.8 Å². The lowest BCUT2D eigenvalue weighted by molar-refractivity contribution is 0.102. The van der Waals surface area contributed by atoms with Crippen molar-refractivity contribution in [2.75, 3.05) is 5.32 Å². The van der Waals surface area contributed by atoms with Crippen molar-refractivity contribution >= 4 is 23.2 Å². The van der Waals surface area contributed by atoms with Gasteiger partial charge < -0.3 is 4.42 Å². The molecule has 18 heavy (non-hydrogen) atoms. The molecule has 0 saturated carbocycles. The molecule has 0 aliphatic heterocycles. The average molecular weight is 262 g/mol. The van der Waals surface area contributed by atoms with Crippen LogP contribution in [-0.2, 0) is 0 Å². The number of carbonyl (C=O) groups excluding carboxylic acids is 1. The number of aromatic amines is 1. The first-order chi connectivity index (χ1) is 8.83. The summed E-state index contributed by atoms with van der Waals surface area (Å²) in [6.45, 7) is 0. The number of hydrogen-bond donors (Lipinski definition) is 2. The topological polar surface area (TPSA) is 110 Å². The van der Waals surface area contributed by atoms with E-state index in [1.807, 2.05) is 0 Å². The van der Waals surface area contributed by atoms with Crippen LogP contribution in [0, 0.1) is 0 Å². The molecule has 0 bridgehead atoms. The third kappa shape index (κ3) is 1.98. The quantitative estimate of drug-likeness (QED) is 0.733. The maximum absolute atomic E-state index is 11.8. The van der Waals surface area contributed by atoms with E-state index in [9.17, 15) is 4.79 Å². The highest BCUT2D eigenvalue weighted by Gasteiger charge is 2.14. The maximum Gasteiger partial charge on any atom is 0.277 e. The van der Waals surface area contributed by atoms with Crippen molar-refractivity contribution < 1.29 is 9.21 Å². The molecule has 8 nitrogen and oxygen atoms in total. The number of furan rings is 1. The van der Waals surface area contributed by atoms with Crippen LogP contribution in [0.5, 0.6) is 0 Å². The Bertz CT molecular complexity index is 644. The smallest absolute Gasteiger partial charge is 0.277 e. The largest absolute Gasteiger partial charge is 0.462 e. The molecule has 0 fully saturated rings. The summed E-state index contributed by atoms with van der Waals surface area (Å²) in [4.78, 5) is 15.9. The summed E-state index contributed by atoms with van der Waals surface area (Å²) >= 11 is 1.32. The minimum atomic E-state index is -0.386. The first-order valence-corrected chi connectivity index (χ1v) is 5.75. The summed E-state index contributed by atoms with van der Waals surface area (Å²) in [5.74, 6) is 0.413. The van der Waals surface area contributed by atoms with Crippen LogP contribution < -0.4 is 5.32 Å². The zero-order valence-corrected chi connectivity index (χ0v) is 9.64. The van der Waals surface area contributed by atoms with Crippen molar-refractivity contribution in [1.29, 1.82) is 0 Å². The maximum atomic E-state index is 11.8. The molecule has 0 atom stereocenters. The highest BCUT2D eigenvalue weighted by Crippen LogP contribution is 2.24. The van der Waals surface area contributed by atoms with E-state index in [2.05, 4.69) is 30.9 Å². The van der Waals surface area contributed by atoms with Gasteiger partial charge in [0.05, 0.1) is 6.26 Å². The zero-order chi connectivity index (χ0) is 12.4. The van der Waals surface area contributed by atoms with E-state index in [0.29, 0.717) is 10.8 Å². The Morgan fingerprint density at radius 3 is 3.17 bits per heavy atom. The van der Waals surface area contributed by atoms with Crippen molar-refractivity contribution in [3.05, 3.63) is 29.5 Å². The number of nitrogens with one attached hydrogen (secondary N) is 2. The third-order valence-electron chi connectivity index (χ3n) is 2.05. The number of anilines is 1. The highest BCUT2D eigenvalue weighted by atomic mass is 32.1. The number of thiazole rings is 1. The molecule has 1 amide bonds. The monoisotopic (exact) mass is 262 g/mol. The van der Waals surface area contributed by atoms with Crippen LogP contribution in [0.4, 0.5) is 5.95 Å². The number of nitrogens with zero attached hydrogens (tertiary/aromatic N) is 4. The van der Waals surface area contributed by atoms with Gasteiger partial charge in [-0.05, 0) is 22.6 Å². The number of tetrazole rings is 1. The fourth-order valence-electron chi connectivity index (χ4n) is 1.28. The molecule has 0 spiro atoms. The second kappa shape index (κ2) is 4.37. The first-order valence-electron chi connectivity index (χ1n) is 4.87. The van der Waals surface area contributed by atoms with E-state index in [4.69, 9.17) is 4.42 Å². The number of H-pyrrole nitrogens is 1. The van der Waals surface area contributed by atoms with Gasteiger partial charge in [-0.3, -0.25) is 10.1 Å². The number of amides is 1. The molecule has 0 unspecified atom stereocenters. The Morgan fingerprint density at radius 2 is 2.44 bits per heavy atom. The van der Waals surface area contributed by atoms with E-state index >= 15 is 0 Å². The summed E-state index contributed by atoms with van der Waals surface area (Å²) in [6.07, 6.45) is 1.55. The lowest BCUT2D eigenvalue weighted by atomic mass is 10.4. The van der Waals surface area contributed by atoms with Crippen LogP contribution in [0.2, 0.25) is 0 Å². The Hall–Kier alpha value is -2.55. The van der Waals surface area contributed by atoms with Crippen molar-refractivity contribution in [2.45, 2.75) is 0 Å². The van der Waals surface area contributed by atoms with Crippen LogP contribution in [0.25, 0.3) is 10.8 Å². The SMILES string of the molecule is O=C(Nc1nnn[nH]1)c1csc(-c2ccco2)n1. The van der Waals surface area contributed by atoms with Crippen molar-refractivity contribution in [1.82, 2.24) is 25.6 Å². The summed E-state index contributed by atoms with van der Waals surface area (Å²) in [5, 5.41) is 17.4. The minimum Gasteiger partial charge on any atom is -0.462 e. The van der Waals surface area contributed by atoms with E-state index in [0.717, 1.165) is 0 Å². The van der Waals surface area contributed by atoms with E-state index in [1.54, 1.807) is 23.8 Å². The van der Waals surface area contributed by atoms with E-state index < -0.39 is 0 Å². The predicted octanol–water partition coefficient (Wildman–Crippen LogP) is 1.17. The summed E-state index contributed by atoms with van der Waals surface area (Å²) in [5.41, 5.74) is 0.280. The molecule has 2 N–H and O–H groups in total. The van der Waals surface area contributed by atoms with Crippen LogP contribution in [0.1, 0.15) is 10.5 Å². The Balaban J connectivity index is 1.79. The molecule has 0 aliphatic carbocycles. The molecule has 3 aromatic rings. The fraction of sp³-hybridized carbons (Fsp3) is 0. The van der Waals surface area contributed by atoms with Gasteiger partial charge in [-0.25, -0.2) is 10.1 Å². The number of hydrogen-bond acceptors (Lipinski definition) is 7. The zero-order valence-electron chi connectivity index (χ0n) is 8.82. The molecule has 0 radical (unpaired) electrons. The summed E-state index contributed by atoms with van der Waals surface area (Å²) < 4.78 is 5.20. The average Bonchev–Trinajstić information content (AvgIpc) is 3.11. The molecule has 3 rings (SSSR count). The second-order valence-electron chi connectivity index (χ2n) is 3.22. The molecule has 9 heteroatoms. The van der Waals surface area contributed by atoms with Gasteiger partial charge in [0, 0.05) is 5.38 Å². The second-order valence-corrected chi connectivity index (χ2v) is 4.08. The van der Waals surface area contributed by atoms with Gasteiger partial charge in [0.1, 0.15) is 5.69 Å². The standard InChI is InChI=1S/C9H6N6O2S/c16-7(11-9-12-14-15-13-9)5-4-18-8(10-5)6-2-1-3-17-6/h1-4H,(H2,11,12,13,14,15,16). The minimum absolute atomic E-state index is 0.174. The molecule has 0 saturated heterocycles. The van der Waals surface area contributed by atoms with Gasteiger partial charge in [-0.15, -0.1) is 11.3 Å². The van der Waals surface area contributed by atoms with Crippen molar-refractivity contribution in [2.24, 2.45) is 0 Å². The summed E-state index contributed by atoms with van der Waals surface area (Å²) in [7, 11) is 0. The third-order valence-corrected chi connectivity index (χ3v) is 2.90. The first kappa shape index (κ1) is 10.6. The van der Waals surface area contributed by atoms with Gasteiger partial charge in [-0.1, -0.05) is 5.10 Å². The van der Waals surface area contributed by atoms with Gasteiger partial charge >= 0.3 is 0 Å². The van der Waals surface area contributed by atoms with Gasteiger partial charge in [-0.2, -0.15) is 0 Å². The Labute approximate surface area is 104 Å². The lowest BCUT2D eigenvalue weighted by Crippen LogP contribution is -2.13. The van der Waals surface area contributed by atoms with Crippen LogP contribution in [-0.4, -0.2) is 31.5 Å². The van der Waals surface area contributed by atoms with Crippen LogP contribution in [0.15, 0.2) is 28.2 Å². The summed E-state index contributed by atoms with van der Waals surface area (Å²) in [6, 6.07) is 3.54. The highest BCUT2D eigenvalue weighted by molar-refractivity contribution is 7.13. The molecule has 0 aliphatic rings. The molecular formula is C9H6N6O2S. The number of aromatic nitrogens is 5. The van der Waals surface area contributed by atoms with E-state index in [1.165, 1.54) is 11.3 Å². The molecule has 3 aromatic heterocycles. The number of rotatable bonds is 3. The fourth-order valence-corrected chi connectivity index (χ4v) is 2.04. The Kier molecular flexibility index (Phi) is 2.57. The molecule has 0 aromatic carbocycles. The molecule has 90 valence electrons. The van der Waals surface area contributed by atoms with Gasteiger partial charge in [0.25, 0.3) is 5.91 Å². The van der Waals surface area contributed by atoms with Crippen LogP contribution >= 0.6 is 11.3 Å². The Morgan fingerprint density at radius 1 is 1.50 bits per heavy atom. The predicted molar refractivity (Wildman–Crippen MR) is 61.9 cm³/mol. The lowest BCUT2D eigenvalue weighted by Gasteiger charge is -1.95. The van der Waals surface area contributed by atoms with Gasteiger partial charge in [0.2, 0.25) is 5.95 Å². The normalized spacial score (nSPS) is 10.4.